The van der Waals surface area contributed by atoms with Crippen LogP contribution in [0, 0.1) is 11.3 Å². The zero-order chi connectivity index (χ0) is 19.3. The first-order valence-electron chi connectivity index (χ1n) is 8.22. The topological polar surface area (TPSA) is 142 Å². The fourth-order valence-electron chi connectivity index (χ4n) is 2.53. The Morgan fingerprint density at radius 3 is 2.78 bits per heavy atom. The first-order chi connectivity index (χ1) is 13.1. The molecule has 0 bridgehead atoms. The van der Waals surface area contributed by atoms with E-state index >= 15 is 0 Å². The van der Waals surface area contributed by atoms with Crippen molar-refractivity contribution in [2.45, 2.75) is 13.8 Å². The van der Waals surface area contributed by atoms with E-state index in [0.29, 0.717) is 11.0 Å². The maximum Gasteiger partial charge on any atom is 0.361 e. The molecule has 0 aliphatic carbocycles. The summed E-state index contributed by atoms with van der Waals surface area (Å²) in [5.74, 6) is 0.167. The fourth-order valence-corrected chi connectivity index (χ4v) is 4.16. The van der Waals surface area contributed by atoms with Crippen LogP contribution in [0.2, 0.25) is 0 Å². The van der Waals surface area contributed by atoms with E-state index in [2.05, 4.69) is 30.9 Å². The normalized spacial score (nSPS) is 12.3. The average Bonchev–Trinajstić information content (AvgIpc) is 3.34. The number of H-pyrrole nitrogens is 2. The van der Waals surface area contributed by atoms with Crippen LogP contribution in [-0.2, 0) is 13.6 Å². The quantitative estimate of drug-likeness (QED) is 0.395. The lowest BCUT2D eigenvalue weighted by Crippen LogP contribution is -2.11. The molecule has 1 aromatic carbocycles. The highest BCUT2D eigenvalue weighted by atomic mass is 31.2. The number of nitriles is 1. The van der Waals surface area contributed by atoms with E-state index in [9.17, 15) is 9.83 Å². The van der Waals surface area contributed by atoms with Crippen molar-refractivity contribution in [1.29, 1.82) is 5.26 Å². The average molecular weight is 387 g/mol. The predicted octanol–water partition coefficient (Wildman–Crippen LogP) is 2.55. The van der Waals surface area contributed by atoms with E-state index in [1.165, 1.54) is 6.20 Å². The molecule has 0 aliphatic heterocycles. The van der Waals surface area contributed by atoms with Crippen LogP contribution in [0.4, 0.5) is 5.69 Å². The SMILES string of the molecule is CCOP(=O)(OCC)c1cc(NC=C(C#N)c2nn[nH]n2)c2cc[nH]c2c1. The highest BCUT2D eigenvalue weighted by Crippen LogP contribution is 2.48. The summed E-state index contributed by atoms with van der Waals surface area (Å²) in [7, 11) is -3.47. The lowest BCUT2D eigenvalue weighted by molar-refractivity contribution is 0.230. The molecular weight excluding hydrogens is 369 g/mol. The Kier molecular flexibility index (Phi) is 5.66. The Bertz CT molecular complexity index is 1030. The molecular formula is C16H18N7O3P. The Balaban J connectivity index is 2.04. The summed E-state index contributed by atoms with van der Waals surface area (Å²) in [6.45, 7) is 4.01. The molecule has 11 heteroatoms. The molecule has 0 radical (unpaired) electrons. The summed E-state index contributed by atoms with van der Waals surface area (Å²) >= 11 is 0. The number of tetrazole rings is 1. The third-order valence-electron chi connectivity index (χ3n) is 3.65. The molecule has 3 rings (SSSR count). The maximum atomic E-state index is 13.1. The maximum absolute atomic E-state index is 13.1. The van der Waals surface area contributed by atoms with Crippen molar-refractivity contribution in [2.75, 3.05) is 18.5 Å². The minimum atomic E-state index is -3.47. The molecule has 0 saturated heterocycles. The highest BCUT2D eigenvalue weighted by Gasteiger charge is 2.28. The number of aromatic amines is 2. The Labute approximate surface area is 155 Å². The van der Waals surface area contributed by atoms with Gasteiger partial charge in [-0.3, -0.25) is 4.57 Å². The van der Waals surface area contributed by atoms with Crippen LogP contribution in [0.25, 0.3) is 16.5 Å². The second-order valence-corrected chi connectivity index (χ2v) is 7.34. The molecule has 0 fully saturated rings. The zero-order valence-electron chi connectivity index (χ0n) is 14.8. The highest BCUT2D eigenvalue weighted by molar-refractivity contribution is 7.62. The third kappa shape index (κ3) is 3.90. The van der Waals surface area contributed by atoms with Gasteiger partial charge in [-0.15, -0.1) is 10.2 Å². The summed E-state index contributed by atoms with van der Waals surface area (Å²) in [5.41, 5.74) is 1.57. The third-order valence-corrected chi connectivity index (χ3v) is 5.73. The summed E-state index contributed by atoms with van der Waals surface area (Å²) in [6.07, 6.45) is 3.22. The number of hydrogen-bond donors (Lipinski definition) is 3. The van der Waals surface area contributed by atoms with Crippen LogP contribution in [0.15, 0.2) is 30.6 Å². The van der Waals surface area contributed by atoms with Crippen molar-refractivity contribution in [3.05, 3.63) is 36.4 Å². The molecule has 3 N–H and O–H groups in total. The second kappa shape index (κ2) is 8.14. The van der Waals surface area contributed by atoms with E-state index in [1.807, 2.05) is 12.1 Å². The standard InChI is InChI=1S/C16H18N7O3P/c1-3-25-27(24,26-4-2)12-7-14-13(5-6-18-14)15(8-12)19-10-11(9-17)16-20-22-23-21-16/h5-8,10,18-19H,3-4H2,1-2H3,(H,20,21,22,23). The van der Waals surface area contributed by atoms with Crippen molar-refractivity contribution in [3.8, 4) is 6.07 Å². The van der Waals surface area contributed by atoms with Crippen LogP contribution in [0.3, 0.4) is 0 Å². The van der Waals surface area contributed by atoms with Gasteiger partial charge in [0, 0.05) is 29.0 Å². The molecule has 0 amide bonds. The predicted molar refractivity (Wildman–Crippen MR) is 100 cm³/mol. The second-order valence-electron chi connectivity index (χ2n) is 5.31. The summed E-state index contributed by atoms with van der Waals surface area (Å²) in [5, 5.41) is 26.9. The van der Waals surface area contributed by atoms with Crippen molar-refractivity contribution in [3.63, 3.8) is 0 Å². The number of allylic oxidation sites excluding steroid dienone is 1. The first kappa shape index (κ1) is 18.8. The Hall–Kier alpha value is -2.99. The molecule has 2 heterocycles. The number of nitrogens with one attached hydrogen (secondary N) is 3. The van der Waals surface area contributed by atoms with Gasteiger partial charge in [0.25, 0.3) is 0 Å². The number of aromatic nitrogens is 5. The number of nitrogens with zero attached hydrogens (tertiary/aromatic N) is 4. The van der Waals surface area contributed by atoms with Crippen molar-refractivity contribution < 1.29 is 13.6 Å². The molecule has 2 aromatic heterocycles. The zero-order valence-corrected chi connectivity index (χ0v) is 15.7. The van der Waals surface area contributed by atoms with Gasteiger partial charge in [-0.25, -0.2) is 0 Å². The summed E-state index contributed by atoms with van der Waals surface area (Å²) < 4.78 is 24.0. The molecule has 27 heavy (non-hydrogen) atoms. The van der Waals surface area contributed by atoms with Gasteiger partial charge in [-0.05, 0) is 37.3 Å². The molecule has 0 spiro atoms. The lowest BCUT2D eigenvalue weighted by atomic mass is 10.2. The van der Waals surface area contributed by atoms with Gasteiger partial charge in [-0.1, -0.05) is 0 Å². The molecule has 0 atom stereocenters. The van der Waals surface area contributed by atoms with E-state index in [4.69, 9.17) is 9.05 Å². The van der Waals surface area contributed by atoms with Gasteiger partial charge >= 0.3 is 7.60 Å². The van der Waals surface area contributed by atoms with E-state index in [0.717, 1.165) is 10.9 Å². The number of hydrogen-bond acceptors (Lipinski definition) is 8. The van der Waals surface area contributed by atoms with Gasteiger partial charge in [0.1, 0.15) is 11.6 Å². The largest absolute Gasteiger partial charge is 0.361 e. The number of anilines is 1. The molecule has 0 unspecified atom stereocenters. The molecule has 140 valence electrons. The first-order valence-corrected chi connectivity index (χ1v) is 9.77. The van der Waals surface area contributed by atoms with E-state index in [1.54, 1.807) is 32.2 Å². The lowest BCUT2D eigenvalue weighted by Gasteiger charge is -2.18. The number of fused-ring (bicyclic) bond motifs is 1. The number of benzene rings is 1. The van der Waals surface area contributed by atoms with Crippen LogP contribution < -0.4 is 10.6 Å². The van der Waals surface area contributed by atoms with Gasteiger partial charge in [0.05, 0.1) is 18.5 Å². The summed E-state index contributed by atoms with van der Waals surface area (Å²) in [6, 6.07) is 7.29. The smallest absolute Gasteiger partial charge is 0.361 e. The molecule has 3 aromatic rings. The van der Waals surface area contributed by atoms with Crippen LogP contribution in [0.1, 0.15) is 19.7 Å². The van der Waals surface area contributed by atoms with Crippen LogP contribution in [-0.4, -0.2) is 38.8 Å². The minimum Gasteiger partial charge on any atom is -0.361 e. The van der Waals surface area contributed by atoms with Gasteiger partial charge in [0.2, 0.25) is 5.82 Å². The minimum absolute atomic E-state index is 0.167. The van der Waals surface area contributed by atoms with Gasteiger partial charge < -0.3 is 19.3 Å². The van der Waals surface area contributed by atoms with Gasteiger partial charge in [-0.2, -0.15) is 10.5 Å². The Morgan fingerprint density at radius 2 is 2.15 bits per heavy atom. The van der Waals surface area contributed by atoms with Gasteiger partial charge in [0.15, 0.2) is 0 Å². The van der Waals surface area contributed by atoms with Crippen LogP contribution in [0.5, 0.6) is 0 Å². The molecule has 10 nitrogen and oxygen atoms in total. The molecule has 0 saturated carbocycles. The monoisotopic (exact) mass is 387 g/mol. The summed E-state index contributed by atoms with van der Waals surface area (Å²) in [4.78, 5) is 3.09. The van der Waals surface area contributed by atoms with E-state index in [-0.39, 0.29) is 24.6 Å². The number of rotatable bonds is 8. The van der Waals surface area contributed by atoms with Crippen molar-refractivity contribution in [1.82, 2.24) is 25.6 Å². The molecule has 0 aliphatic rings. The fraction of sp³-hybridized carbons (Fsp3) is 0.250. The van der Waals surface area contributed by atoms with Crippen molar-refractivity contribution in [2.24, 2.45) is 0 Å². The van der Waals surface area contributed by atoms with Crippen molar-refractivity contribution >= 4 is 35.1 Å². The Morgan fingerprint density at radius 1 is 1.37 bits per heavy atom. The van der Waals surface area contributed by atoms with E-state index < -0.39 is 7.60 Å². The van der Waals surface area contributed by atoms with Crippen LogP contribution >= 0.6 is 7.60 Å².